The Morgan fingerprint density at radius 1 is 1.22 bits per heavy atom. The fraction of sp³-hybridized carbons (Fsp3) is 0.211. The Morgan fingerprint density at radius 2 is 2.11 bits per heavy atom. The minimum absolute atomic E-state index is 0.196. The fourth-order valence-corrected chi connectivity index (χ4v) is 3.18. The van der Waals surface area contributed by atoms with Crippen molar-refractivity contribution in [2.24, 2.45) is 0 Å². The van der Waals surface area contributed by atoms with Gasteiger partial charge in [-0.1, -0.05) is 6.07 Å². The molecule has 4 rings (SSSR count). The molecule has 1 amide bonds. The van der Waals surface area contributed by atoms with E-state index in [0.29, 0.717) is 30.2 Å². The summed E-state index contributed by atoms with van der Waals surface area (Å²) in [5, 5.41) is 2.86. The maximum atomic E-state index is 13.4. The Balaban J connectivity index is 1.69. The lowest BCUT2D eigenvalue weighted by Crippen LogP contribution is -2.38. The van der Waals surface area contributed by atoms with E-state index >= 15 is 0 Å². The second-order valence-corrected chi connectivity index (χ2v) is 6.26. The Morgan fingerprint density at radius 3 is 2.89 bits per heavy atom. The Hall–Kier alpha value is -3.42. The van der Waals surface area contributed by atoms with Crippen LogP contribution in [0.25, 0.3) is 11.4 Å². The molecule has 0 spiro atoms. The van der Waals surface area contributed by atoms with Gasteiger partial charge in [-0.25, -0.2) is 19.3 Å². The molecule has 0 fully saturated rings. The summed E-state index contributed by atoms with van der Waals surface area (Å²) in [7, 11) is 0. The van der Waals surface area contributed by atoms with E-state index in [1.54, 1.807) is 22.9 Å². The SMILES string of the molecule is O=C(NC1CCCn2c1nc(-c1ccncn1)cc2=O)c1cccc(F)c1. The number of carbonyl (C=O) groups is 1. The van der Waals surface area contributed by atoms with Crippen LogP contribution in [0.4, 0.5) is 4.39 Å². The van der Waals surface area contributed by atoms with E-state index in [9.17, 15) is 14.0 Å². The fourth-order valence-electron chi connectivity index (χ4n) is 3.18. The molecular formula is C19H16FN5O2. The number of amides is 1. The third-order valence-electron chi connectivity index (χ3n) is 4.46. The van der Waals surface area contributed by atoms with E-state index in [1.165, 1.54) is 30.6 Å². The van der Waals surface area contributed by atoms with Crippen LogP contribution in [-0.2, 0) is 6.54 Å². The van der Waals surface area contributed by atoms with Gasteiger partial charge in [-0.15, -0.1) is 0 Å². The van der Waals surface area contributed by atoms with Crippen molar-refractivity contribution in [3.05, 3.63) is 76.5 Å². The van der Waals surface area contributed by atoms with Crippen LogP contribution in [0.3, 0.4) is 0 Å². The van der Waals surface area contributed by atoms with Gasteiger partial charge in [0, 0.05) is 24.4 Å². The molecule has 1 N–H and O–H groups in total. The number of carbonyl (C=O) groups excluding carboxylic acids is 1. The normalized spacial score (nSPS) is 15.8. The number of halogens is 1. The van der Waals surface area contributed by atoms with Crippen LogP contribution in [0.1, 0.15) is 35.1 Å². The highest BCUT2D eigenvalue weighted by atomic mass is 19.1. The zero-order chi connectivity index (χ0) is 18.8. The van der Waals surface area contributed by atoms with Crippen LogP contribution in [0.15, 0.2) is 53.7 Å². The number of aromatic nitrogens is 4. The Labute approximate surface area is 153 Å². The van der Waals surface area contributed by atoms with E-state index in [4.69, 9.17) is 0 Å². The zero-order valence-corrected chi connectivity index (χ0v) is 14.3. The molecule has 2 aromatic heterocycles. The topological polar surface area (TPSA) is 89.8 Å². The molecule has 3 aromatic rings. The minimum Gasteiger partial charge on any atom is -0.342 e. The number of rotatable bonds is 3. The number of hydrogen-bond donors (Lipinski definition) is 1. The van der Waals surface area contributed by atoms with Crippen LogP contribution >= 0.6 is 0 Å². The first-order chi connectivity index (χ1) is 13.1. The van der Waals surface area contributed by atoms with Crippen molar-refractivity contribution in [2.45, 2.75) is 25.4 Å². The number of nitrogens with one attached hydrogen (secondary N) is 1. The number of benzene rings is 1. The van der Waals surface area contributed by atoms with E-state index in [-0.39, 0.29) is 11.1 Å². The van der Waals surface area contributed by atoms with Crippen LogP contribution in [0.5, 0.6) is 0 Å². The van der Waals surface area contributed by atoms with Crippen LogP contribution in [0, 0.1) is 5.82 Å². The standard InChI is InChI=1S/C19H16FN5O2/c20-13-4-1-3-12(9-13)19(27)24-15-5-2-8-25-17(26)10-16(23-18(15)25)14-6-7-21-11-22-14/h1,3-4,6-7,9-11,15H,2,5,8H2,(H,24,27). The third-order valence-corrected chi connectivity index (χ3v) is 4.46. The molecule has 0 saturated heterocycles. The molecular weight excluding hydrogens is 349 g/mol. The first-order valence-electron chi connectivity index (χ1n) is 8.56. The summed E-state index contributed by atoms with van der Waals surface area (Å²) < 4.78 is 14.9. The van der Waals surface area contributed by atoms with Gasteiger partial charge in [0.25, 0.3) is 11.5 Å². The predicted molar refractivity (Wildman–Crippen MR) is 95.4 cm³/mol. The average Bonchev–Trinajstić information content (AvgIpc) is 2.69. The molecule has 8 heteroatoms. The molecule has 0 saturated carbocycles. The van der Waals surface area contributed by atoms with Crippen molar-refractivity contribution in [3.8, 4) is 11.4 Å². The molecule has 27 heavy (non-hydrogen) atoms. The van der Waals surface area contributed by atoms with Crippen LogP contribution < -0.4 is 10.9 Å². The van der Waals surface area contributed by atoms with Gasteiger partial charge in [-0.05, 0) is 37.1 Å². The molecule has 7 nitrogen and oxygen atoms in total. The molecule has 1 aliphatic rings. The number of hydrogen-bond acceptors (Lipinski definition) is 5. The van der Waals surface area contributed by atoms with Crippen molar-refractivity contribution >= 4 is 5.91 Å². The van der Waals surface area contributed by atoms with E-state index < -0.39 is 17.8 Å². The molecule has 0 radical (unpaired) electrons. The lowest BCUT2D eigenvalue weighted by atomic mass is 10.0. The van der Waals surface area contributed by atoms with Gasteiger partial charge in [0.05, 0.1) is 17.4 Å². The summed E-state index contributed by atoms with van der Waals surface area (Å²) in [5.74, 6) is -0.408. The minimum atomic E-state index is -0.480. The lowest BCUT2D eigenvalue weighted by Gasteiger charge is -2.27. The molecule has 1 unspecified atom stereocenters. The third kappa shape index (κ3) is 3.46. The second kappa shape index (κ2) is 7.06. The molecule has 1 aliphatic heterocycles. The van der Waals surface area contributed by atoms with Gasteiger partial charge in [-0.2, -0.15) is 0 Å². The summed E-state index contributed by atoms with van der Waals surface area (Å²) in [6, 6.07) is 8.14. The second-order valence-electron chi connectivity index (χ2n) is 6.26. The van der Waals surface area contributed by atoms with Crippen LogP contribution in [0.2, 0.25) is 0 Å². The quantitative estimate of drug-likeness (QED) is 0.768. The first-order valence-corrected chi connectivity index (χ1v) is 8.56. The average molecular weight is 365 g/mol. The molecule has 0 bridgehead atoms. The van der Waals surface area contributed by atoms with Crippen molar-refractivity contribution < 1.29 is 9.18 Å². The number of nitrogens with zero attached hydrogens (tertiary/aromatic N) is 4. The van der Waals surface area contributed by atoms with Gasteiger partial charge >= 0.3 is 0 Å². The van der Waals surface area contributed by atoms with Gasteiger partial charge < -0.3 is 5.32 Å². The summed E-state index contributed by atoms with van der Waals surface area (Å²) in [4.78, 5) is 37.6. The molecule has 1 aromatic carbocycles. The zero-order valence-electron chi connectivity index (χ0n) is 14.3. The van der Waals surface area contributed by atoms with Gasteiger partial charge in [0.15, 0.2) is 0 Å². The van der Waals surface area contributed by atoms with Gasteiger partial charge in [0.1, 0.15) is 18.0 Å². The molecule has 3 heterocycles. The smallest absolute Gasteiger partial charge is 0.254 e. The molecule has 136 valence electrons. The van der Waals surface area contributed by atoms with Crippen LogP contribution in [-0.4, -0.2) is 25.4 Å². The maximum Gasteiger partial charge on any atom is 0.254 e. The lowest BCUT2D eigenvalue weighted by molar-refractivity contribution is 0.0926. The van der Waals surface area contributed by atoms with Crippen molar-refractivity contribution in [3.63, 3.8) is 0 Å². The highest BCUT2D eigenvalue weighted by Crippen LogP contribution is 2.24. The first kappa shape index (κ1) is 17.0. The maximum absolute atomic E-state index is 13.4. The molecule has 1 atom stereocenters. The summed E-state index contributed by atoms with van der Waals surface area (Å²) >= 11 is 0. The van der Waals surface area contributed by atoms with E-state index in [1.807, 2.05) is 0 Å². The summed E-state index contributed by atoms with van der Waals surface area (Å²) in [5.41, 5.74) is 0.992. The predicted octanol–water partition coefficient (Wildman–Crippen LogP) is 2.10. The summed E-state index contributed by atoms with van der Waals surface area (Å²) in [6.07, 6.45) is 4.33. The van der Waals surface area contributed by atoms with Gasteiger partial charge in [0.2, 0.25) is 0 Å². The molecule has 0 aliphatic carbocycles. The van der Waals surface area contributed by atoms with E-state index in [0.717, 1.165) is 6.42 Å². The highest BCUT2D eigenvalue weighted by Gasteiger charge is 2.25. The number of fused-ring (bicyclic) bond motifs is 1. The van der Waals surface area contributed by atoms with Gasteiger partial charge in [-0.3, -0.25) is 14.2 Å². The van der Waals surface area contributed by atoms with Crippen molar-refractivity contribution in [1.82, 2.24) is 24.8 Å². The highest BCUT2D eigenvalue weighted by molar-refractivity contribution is 5.94. The Bertz CT molecular complexity index is 1050. The largest absolute Gasteiger partial charge is 0.342 e. The van der Waals surface area contributed by atoms with Crippen molar-refractivity contribution in [1.29, 1.82) is 0 Å². The Kier molecular flexibility index (Phi) is 4.45. The summed E-state index contributed by atoms with van der Waals surface area (Å²) in [6.45, 7) is 0.539. The van der Waals surface area contributed by atoms with Crippen molar-refractivity contribution in [2.75, 3.05) is 0 Å². The van der Waals surface area contributed by atoms with E-state index in [2.05, 4.69) is 20.3 Å². The monoisotopic (exact) mass is 365 g/mol.